The molecule has 1 N–H and O–H groups in total. The minimum atomic E-state index is 0. The summed E-state index contributed by atoms with van der Waals surface area (Å²) in [6, 6.07) is 5.50. The van der Waals surface area contributed by atoms with Gasteiger partial charge in [0.15, 0.2) is 0 Å². The van der Waals surface area contributed by atoms with E-state index < -0.39 is 0 Å². The van der Waals surface area contributed by atoms with Crippen molar-refractivity contribution in [3.8, 4) is 0 Å². The molecule has 1 amide bonds. The number of hydrogen-bond acceptors (Lipinski definition) is 3. The molecule has 0 spiro atoms. The molecule has 0 aromatic heterocycles. The van der Waals surface area contributed by atoms with Gasteiger partial charge >= 0.3 is 0 Å². The normalized spacial score (nSPS) is 14.3. The second-order valence-corrected chi connectivity index (χ2v) is 6.23. The maximum atomic E-state index is 12.1. The van der Waals surface area contributed by atoms with Gasteiger partial charge < -0.3 is 10.2 Å². The van der Waals surface area contributed by atoms with Crippen LogP contribution in [0.15, 0.2) is 18.2 Å². The number of anilines is 1. The lowest BCUT2D eigenvalue weighted by atomic mass is 10.2. The standard InChI is InChI=1S/C16H24ClN3O.2ClH/c1-13-11-14(17)5-6-15(13)18-16(21)12-19(2)9-10-20-7-3-4-8-20;;/h5-6,11H,3-4,7-10,12H2,1-2H3,(H,18,21);2*1H. The maximum absolute atomic E-state index is 12.1. The van der Waals surface area contributed by atoms with E-state index in [0.717, 1.165) is 24.3 Å². The summed E-state index contributed by atoms with van der Waals surface area (Å²) in [6.07, 6.45) is 2.61. The summed E-state index contributed by atoms with van der Waals surface area (Å²) >= 11 is 5.92. The van der Waals surface area contributed by atoms with Gasteiger partial charge in [-0.1, -0.05) is 11.6 Å². The first-order chi connectivity index (χ1) is 10.0. The van der Waals surface area contributed by atoms with Crippen LogP contribution >= 0.6 is 36.4 Å². The highest BCUT2D eigenvalue weighted by atomic mass is 35.5. The van der Waals surface area contributed by atoms with Crippen LogP contribution in [0.4, 0.5) is 5.69 Å². The maximum Gasteiger partial charge on any atom is 0.238 e. The number of benzene rings is 1. The number of rotatable bonds is 6. The lowest BCUT2D eigenvalue weighted by Gasteiger charge is -2.21. The second-order valence-electron chi connectivity index (χ2n) is 5.79. The zero-order chi connectivity index (χ0) is 15.2. The molecule has 1 saturated heterocycles. The second kappa shape index (κ2) is 11.1. The number of halogens is 3. The Kier molecular flexibility index (Phi) is 10.9. The van der Waals surface area contributed by atoms with Crippen molar-refractivity contribution in [3.63, 3.8) is 0 Å². The van der Waals surface area contributed by atoms with Gasteiger partial charge in [0.1, 0.15) is 0 Å². The van der Waals surface area contributed by atoms with Crippen molar-refractivity contribution < 1.29 is 4.79 Å². The number of likely N-dealkylation sites (N-methyl/N-ethyl adjacent to an activating group) is 1. The third kappa shape index (κ3) is 7.73. The van der Waals surface area contributed by atoms with Crippen LogP contribution in [0.3, 0.4) is 0 Å². The number of amides is 1. The number of carbonyl (C=O) groups excluding carboxylic acids is 1. The van der Waals surface area contributed by atoms with Gasteiger partial charge in [0, 0.05) is 23.8 Å². The molecule has 0 aliphatic carbocycles. The van der Waals surface area contributed by atoms with Crippen LogP contribution in [0, 0.1) is 6.92 Å². The van der Waals surface area contributed by atoms with Gasteiger partial charge in [-0.05, 0) is 63.7 Å². The van der Waals surface area contributed by atoms with E-state index in [2.05, 4.69) is 15.1 Å². The van der Waals surface area contributed by atoms with Crippen molar-refractivity contribution in [2.45, 2.75) is 19.8 Å². The third-order valence-corrected chi connectivity index (χ3v) is 4.11. The summed E-state index contributed by atoms with van der Waals surface area (Å²) in [5.41, 5.74) is 1.81. The quantitative estimate of drug-likeness (QED) is 0.818. The molecule has 4 nitrogen and oxygen atoms in total. The highest BCUT2D eigenvalue weighted by Crippen LogP contribution is 2.19. The van der Waals surface area contributed by atoms with E-state index in [1.807, 2.05) is 26.1 Å². The molecule has 1 heterocycles. The lowest BCUT2D eigenvalue weighted by Crippen LogP contribution is -2.36. The number of hydrogen-bond donors (Lipinski definition) is 1. The first-order valence-electron chi connectivity index (χ1n) is 7.51. The summed E-state index contributed by atoms with van der Waals surface area (Å²) in [6.45, 7) is 6.72. The molecule has 1 aromatic rings. The van der Waals surface area contributed by atoms with Gasteiger partial charge in [-0.2, -0.15) is 0 Å². The molecule has 1 aliphatic heterocycles. The van der Waals surface area contributed by atoms with Crippen LogP contribution in [-0.4, -0.2) is 55.5 Å². The zero-order valence-corrected chi connectivity index (χ0v) is 16.1. The molecular formula is C16H26Cl3N3O. The smallest absolute Gasteiger partial charge is 0.238 e. The van der Waals surface area contributed by atoms with Gasteiger partial charge in [-0.3, -0.25) is 9.69 Å². The van der Waals surface area contributed by atoms with Crippen molar-refractivity contribution >= 4 is 48.0 Å². The Morgan fingerprint density at radius 1 is 1.30 bits per heavy atom. The zero-order valence-electron chi connectivity index (χ0n) is 13.7. The highest BCUT2D eigenvalue weighted by Gasteiger charge is 2.13. The minimum Gasteiger partial charge on any atom is -0.325 e. The number of likely N-dealkylation sites (tertiary alicyclic amines) is 1. The van der Waals surface area contributed by atoms with Gasteiger partial charge in [0.05, 0.1) is 6.54 Å². The Bertz CT molecular complexity index is 493. The largest absolute Gasteiger partial charge is 0.325 e. The molecule has 0 unspecified atom stereocenters. The molecule has 23 heavy (non-hydrogen) atoms. The summed E-state index contributed by atoms with van der Waals surface area (Å²) in [5.74, 6) is 0.0179. The molecule has 0 bridgehead atoms. The molecule has 0 saturated carbocycles. The number of aryl methyl sites for hydroxylation is 1. The minimum absolute atomic E-state index is 0. The summed E-state index contributed by atoms with van der Waals surface area (Å²) < 4.78 is 0. The first-order valence-corrected chi connectivity index (χ1v) is 7.89. The lowest BCUT2D eigenvalue weighted by molar-refractivity contribution is -0.117. The number of nitrogens with one attached hydrogen (secondary N) is 1. The molecule has 2 rings (SSSR count). The van der Waals surface area contributed by atoms with Gasteiger partial charge in [-0.25, -0.2) is 0 Å². The Morgan fingerprint density at radius 3 is 2.57 bits per heavy atom. The van der Waals surface area contributed by atoms with E-state index in [0.29, 0.717) is 11.6 Å². The predicted octanol–water partition coefficient (Wildman–Crippen LogP) is 3.46. The molecule has 1 fully saturated rings. The van der Waals surface area contributed by atoms with Gasteiger partial charge in [0.25, 0.3) is 0 Å². The fourth-order valence-corrected chi connectivity index (χ4v) is 2.83. The molecule has 132 valence electrons. The van der Waals surface area contributed by atoms with Gasteiger partial charge in [-0.15, -0.1) is 24.8 Å². The summed E-state index contributed by atoms with van der Waals surface area (Å²) in [4.78, 5) is 16.6. The predicted molar refractivity (Wildman–Crippen MR) is 102 cm³/mol. The fraction of sp³-hybridized carbons (Fsp3) is 0.562. The van der Waals surface area contributed by atoms with Crippen LogP contribution in [0.25, 0.3) is 0 Å². The highest BCUT2D eigenvalue weighted by molar-refractivity contribution is 6.30. The SMILES string of the molecule is Cc1cc(Cl)ccc1NC(=O)CN(C)CCN1CCCC1.Cl.Cl. The monoisotopic (exact) mass is 381 g/mol. The molecular weight excluding hydrogens is 357 g/mol. The van der Waals surface area contributed by atoms with E-state index >= 15 is 0 Å². The van der Waals surface area contributed by atoms with Crippen molar-refractivity contribution in [1.82, 2.24) is 9.80 Å². The van der Waals surface area contributed by atoms with Crippen LogP contribution < -0.4 is 5.32 Å². The molecule has 0 radical (unpaired) electrons. The van der Waals surface area contributed by atoms with Gasteiger partial charge in [0.2, 0.25) is 5.91 Å². The number of nitrogens with zero attached hydrogens (tertiary/aromatic N) is 2. The van der Waals surface area contributed by atoms with Crippen LogP contribution in [0.1, 0.15) is 18.4 Å². The Hall–Kier alpha value is -0.520. The molecule has 0 atom stereocenters. The topological polar surface area (TPSA) is 35.6 Å². The number of carbonyl (C=O) groups is 1. The van der Waals surface area contributed by atoms with Crippen molar-refractivity contribution in [2.24, 2.45) is 0 Å². The molecule has 1 aromatic carbocycles. The van der Waals surface area contributed by atoms with Crippen molar-refractivity contribution in [3.05, 3.63) is 28.8 Å². The van der Waals surface area contributed by atoms with Crippen molar-refractivity contribution in [2.75, 3.05) is 45.1 Å². The van der Waals surface area contributed by atoms with E-state index in [-0.39, 0.29) is 30.7 Å². The van der Waals surface area contributed by atoms with E-state index in [9.17, 15) is 4.79 Å². The third-order valence-electron chi connectivity index (χ3n) is 3.87. The molecule has 1 aliphatic rings. The summed E-state index contributed by atoms with van der Waals surface area (Å²) in [7, 11) is 1.99. The molecule has 7 heteroatoms. The Labute approximate surface area is 156 Å². The van der Waals surface area contributed by atoms with E-state index in [1.54, 1.807) is 6.07 Å². The van der Waals surface area contributed by atoms with Crippen LogP contribution in [-0.2, 0) is 4.79 Å². The van der Waals surface area contributed by atoms with Crippen molar-refractivity contribution in [1.29, 1.82) is 0 Å². The van der Waals surface area contributed by atoms with E-state index in [1.165, 1.54) is 25.9 Å². The Morgan fingerprint density at radius 2 is 1.96 bits per heavy atom. The van der Waals surface area contributed by atoms with E-state index in [4.69, 9.17) is 11.6 Å². The average Bonchev–Trinajstić information content (AvgIpc) is 2.93. The fourth-order valence-electron chi connectivity index (χ4n) is 2.60. The average molecular weight is 383 g/mol. The summed E-state index contributed by atoms with van der Waals surface area (Å²) in [5, 5.41) is 3.63. The Balaban J connectivity index is 0.00000242. The van der Waals surface area contributed by atoms with Crippen LogP contribution in [0.2, 0.25) is 5.02 Å². The van der Waals surface area contributed by atoms with Crippen LogP contribution in [0.5, 0.6) is 0 Å². The first kappa shape index (κ1) is 22.5.